The molecule has 1 atom stereocenters. The van der Waals surface area contributed by atoms with Crippen LogP contribution in [0.25, 0.3) is 10.8 Å². The molecule has 0 fully saturated rings. The number of carbonyl (C=O) groups excluding carboxylic acids is 1. The summed E-state index contributed by atoms with van der Waals surface area (Å²) in [6, 6.07) is 11.2. The second kappa shape index (κ2) is 4.58. The van der Waals surface area contributed by atoms with Gasteiger partial charge in [-0.1, -0.05) is 38.1 Å². The fourth-order valence-electron chi connectivity index (χ4n) is 2.01. The van der Waals surface area contributed by atoms with Gasteiger partial charge in [0, 0.05) is 12.3 Å². The van der Waals surface area contributed by atoms with Crippen molar-refractivity contribution in [2.45, 2.75) is 26.2 Å². The molecule has 2 nitrogen and oxygen atoms in total. The minimum atomic E-state index is -0.0572. The number of Topliss-reactive ketones (excluding diaryl/α,β-unsaturated/α-hetero) is 1. The fourth-order valence-corrected chi connectivity index (χ4v) is 2.01. The summed E-state index contributed by atoms with van der Waals surface area (Å²) in [6.45, 7) is 3.82. The first kappa shape index (κ1) is 11.6. The van der Waals surface area contributed by atoms with E-state index >= 15 is 0 Å². The van der Waals surface area contributed by atoms with Gasteiger partial charge in [0.05, 0.1) is 0 Å². The molecule has 2 heteroatoms. The molecule has 0 spiro atoms. The zero-order valence-corrected chi connectivity index (χ0v) is 10.1. The monoisotopic (exact) mass is 228 g/mol. The number of fused-ring (bicyclic) bond motifs is 1. The molecular formula is C15H16O2. The lowest BCUT2D eigenvalue weighted by molar-refractivity contribution is -0.119. The van der Waals surface area contributed by atoms with Gasteiger partial charge in [-0.05, 0) is 28.5 Å². The minimum Gasteiger partial charge on any atom is -0.508 e. The topological polar surface area (TPSA) is 37.3 Å². The van der Waals surface area contributed by atoms with E-state index in [4.69, 9.17) is 0 Å². The van der Waals surface area contributed by atoms with Gasteiger partial charge in [0.2, 0.25) is 0 Å². The highest BCUT2D eigenvalue weighted by Crippen LogP contribution is 2.25. The van der Waals surface area contributed by atoms with Crippen LogP contribution in [0.1, 0.15) is 31.7 Å². The molecule has 2 rings (SSSR count). The Hall–Kier alpha value is -1.83. The van der Waals surface area contributed by atoms with Crippen molar-refractivity contribution in [3.05, 3.63) is 42.0 Å². The summed E-state index contributed by atoms with van der Waals surface area (Å²) in [7, 11) is 0. The van der Waals surface area contributed by atoms with Gasteiger partial charge in [0.25, 0.3) is 0 Å². The Labute approximate surface area is 101 Å². The molecule has 0 heterocycles. The van der Waals surface area contributed by atoms with Crippen LogP contribution in [0.2, 0.25) is 0 Å². The molecule has 0 aliphatic rings. The Kier molecular flexibility index (Phi) is 3.14. The zero-order chi connectivity index (χ0) is 12.4. The number of ketones is 1. The van der Waals surface area contributed by atoms with Crippen molar-refractivity contribution in [3.63, 3.8) is 0 Å². The van der Waals surface area contributed by atoms with Crippen molar-refractivity contribution < 1.29 is 9.90 Å². The molecule has 0 unspecified atom stereocenters. The summed E-state index contributed by atoms with van der Waals surface area (Å²) in [6.07, 6.45) is 0.564. The van der Waals surface area contributed by atoms with Crippen molar-refractivity contribution in [1.29, 1.82) is 0 Å². The van der Waals surface area contributed by atoms with Gasteiger partial charge in [-0.25, -0.2) is 0 Å². The quantitative estimate of drug-likeness (QED) is 0.871. The summed E-state index contributed by atoms with van der Waals surface area (Å²) in [5, 5.41) is 11.4. The number of aromatic hydroxyl groups is 1. The zero-order valence-electron chi connectivity index (χ0n) is 10.1. The summed E-state index contributed by atoms with van der Waals surface area (Å²) in [4.78, 5) is 11.7. The highest BCUT2D eigenvalue weighted by Gasteiger charge is 2.13. The molecule has 2 aromatic rings. The number of rotatable bonds is 3. The molecule has 1 N–H and O–H groups in total. The van der Waals surface area contributed by atoms with Crippen LogP contribution in [-0.4, -0.2) is 10.9 Å². The molecule has 0 aliphatic carbocycles. The van der Waals surface area contributed by atoms with Gasteiger partial charge in [-0.3, -0.25) is 4.79 Å². The molecule has 0 aromatic heterocycles. The Balaban J connectivity index is 2.44. The average molecular weight is 228 g/mol. The SMILES string of the molecule is CCC(=O)[C@@H](C)c1ccc2cc(O)ccc2c1. The van der Waals surface area contributed by atoms with Crippen LogP contribution >= 0.6 is 0 Å². The van der Waals surface area contributed by atoms with Crippen LogP contribution in [0.3, 0.4) is 0 Å². The van der Waals surface area contributed by atoms with Gasteiger partial charge in [-0.2, -0.15) is 0 Å². The standard InChI is InChI=1S/C15H16O2/c1-3-15(17)10(2)11-4-5-13-9-14(16)7-6-12(13)8-11/h4-10,16H,3H2,1-2H3/t10-/m0/s1. The smallest absolute Gasteiger partial charge is 0.139 e. The third kappa shape index (κ3) is 2.31. The lowest BCUT2D eigenvalue weighted by Gasteiger charge is -2.10. The summed E-state index contributed by atoms with van der Waals surface area (Å²) >= 11 is 0. The maximum Gasteiger partial charge on any atom is 0.139 e. The number of hydrogen-bond acceptors (Lipinski definition) is 2. The van der Waals surface area contributed by atoms with Gasteiger partial charge in [-0.15, -0.1) is 0 Å². The highest BCUT2D eigenvalue weighted by molar-refractivity contribution is 5.89. The molecule has 0 radical (unpaired) electrons. The summed E-state index contributed by atoms with van der Waals surface area (Å²) in [5.41, 5.74) is 1.04. The van der Waals surface area contributed by atoms with Crippen LogP contribution in [-0.2, 0) is 4.79 Å². The van der Waals surface area contributed by atoms with Crippen molar-refractivity contribution in [2.24, 2.45) is 0 Å². The third-order valence-electron chi connectivity index (χ3n) is 3.18. The molecule has 0 amide bonds. The van der Waals surface area contributed by atoms with Crippen LogP contribution in [0.15, 0.2) is 36.4 Å². The minimum absolute atomic E-state index is 0.0572. The molecular weight excluding hydrogens is 212 g/mol. The lowest BCUT2D eigenvalue weighted by Crippen LogP contribution is -2.07. The molecule has 17 heavy (non-hydrogen) atoms. The molecule has 2 aromatic carbocycles. The number of benzene rings is 2. The van der Waals surface area contributed by atoms with Crippen LogP contribution < -0.4 is 0 Å². The molecule has 0 saturated heterocycles. The van der Waals surface area contributed by atoms with Gasteiger partial charge in [0.1, 0.15) is 11.5 Å². The molecule has 0 aliphatic heterocycles. The highest BCUT2D eigenvalue weighted by atomic mass is 16.3. The van der Waals surface area contributed by atoms with Gasteiger partial charge >= 0.3 is 0 Å². The Morgan fingerprint density at radius 3 is 2.53 bits per heavy atom. The Morgan fingerprint density at radius 1 is 1.18 bits per heavy atom. The summed E-state index contributed by atoms with van der Waals surface area (Å²) in [5.74, 6) is 0.462. The Bertz CT molecular complexity index is 558. The number of carbonyl (C=O) groups is 1. The van der Waals surface area contributed by atoms with E-state index < -0.39 is 0 Å². The van der Waals surface area contributed by atoms with E-state index in [1.807, 2.05) is 38.1 Å². The van der Waals surface area contributed by atoms with E-state index in [9.17, 15) is 9.90 Å². The first-order chi connectivity index (χ1) is 8.11. The number of hydrogen-bond donors (Lipinski definition) is 1. The number of phenolic OH excluding ortho intramolecular Hbond substituents is 1. The maximum atomic E-state index is 11.7. The molecule has 0 bridgehead atoms. The van der Waals surface area contributed by atoms with Gasteiger partial charge < -0.3 is 5.11 Å². The van der Waals surface area contributed by atoms with E-state index in [2.05, 4.69) is 0 Å². The predicted octanol–water partition coefficient (Wildman–Crippen LogP) is 3.63. The van der Waals surface area contributed by atoms with Crippen LogP contribution in [0.4, 0.5) is 0 Å². The fraction of sp³-hybridized carbons (Fsp3) is 0.267. The average Bonchev–Trinajstić information content (AvgIpc) is 2.36. The Morgan fingerprint density at radius 2 is 1.82 bits per heavy atom. The first-order valence-electron chi connectivity index (χ1n) is 5.87. The third-order valence-corrected chi connectivity index (χ3v) is 3.18. The summed E-state index contributed by atoms with van der Waals surface area (Å²) < 4.78 is 0. The van der Waals surface area contributed by atoms with E-state index in [1.54, 1.807) is 12.1 Å². The van der Waals surface area contributed by atoms with E-state index in [0.29, 0.717) is 6.42 Å². The second-order valence-electron chi connectivity index (χ2n) is 4.33. The molecule has 0 saturated carbocycles. The van der Waals surface area contributed by atoms with Crippen LogP contribution in [0.5, 0.6) is 5.75 Å². The van der Waals surface area contributed by atoms with Gasteiger partial charge in [0.15, 0.2) is 0 Å². The van der Waals surface area contributed by atoms with E-state index in [-0.39, 0.29) is 17.5 Å². The van der Waals surface area contributed by atoms with Crippen molar-refractivity contribution in [1.82, 2.24) is 0 Å². The largest absolute Gasteiger partial charge is 0.508 e. The van der Waals surface area contributed by atoms with E-state index in [1.165, 1.54) is 0 Å². The first-order valence-corrected chi connectivity index (χ1v) is 5.87. The van der Waals surface area contributed by atoms with E-state index in [0.717, 1.165) is 16.3 Å². The van der Waals surface area contributed by atoms with Crippen molar-refractivity contribution in [2.75, 3.05) is 0 Å². The maximum absolute atomic E-state index is 11.7. The van der Waals surface area contributed by atoms with Crippen molar-refractivity contribution in [3.8, 4) is 5.75 Å². The normalized spacial score (nSPS) is 12.6. The molecule has 88 valence electrons. The van der Waals surface area contributed by atoms with Crippen LogP contribution in [0, 0.1) is 0 Å². The van der Waals surface area contributed by atoms with Crippen molar-refractivity contribution >= 4 is 16.6 Å². The number of phenols is 1. The predicted molar refractivity (Wildman–Crippen MR) is 69.3 cm³/mol. The second-order valence-corrected chi connectivity index (χ2v) is 4.33. The lowest BCUT2D eigenvalue weighted by atomic mass is 9.93.